The molecule has 0 aromatic heterocycles. The van der Waals surface area contributed by atoms with Gasteiger partial charge in [-0.15, -0.1) is 0 Å². The number of alkyl carbamates (subject to hydrolysis) is 1. The van der Waals surface area contributed by atoms with Gasteiger partial charge < -0.3 is 20.5 Å². The molecular weight excluding hydrogens is 284 g/mol. The van der Waals surface area contributed by atoms with E-state index in [1.807, 2.05) is 30.3 Å². The van der Waals surface area contributed by atoms with Gasteiger partial charge in [-0.3, -0.25) is 0 Å². The quantitative estimate of drug-likeness (QED) is 0.874. The third-order valence-corrected chi connectivity index (χ3v) is 3.82. The summed E-state index contributed by atoms with van der Waals surface area (Å²) >= 11 is 0. The molecule has 1 aliphatic rings. The van der Waals surface area contributed by atoms with Crippen LogP contribution >= 0.6 is 0 Å². The molecule has 1 aromatic carbocycles. The topological polar surface area (TPSA) is 90.7 Å². The monoisotopic (exact) mass is 306 g/mol. The molecule has 0 saturated heterocycles. The lowest BCUT2D eigenvalue weighted by atomic mass is 9.87. The van der Waals surface area contributed by atoms with Crippen molar-refractivity contribution in [2.24, 2.45) is 11.7 Å². The second-order valence-electron chi connectivity index (χ2n) is 5.52. The first-order chi connectivity index (χ1) is 10.6. The summed E-state index contributed by atoms with van der Waals surface area (Å²) in [5.41, 5.74) is 5.96. The number of primary amides is 1. The number of nitrogens with one attached hydrogen (secondary N) is 1. The summed E-state index contributed by atoms with van der Waals surface area (Å²) in [5.74, 6) is 0.386. The van der Waals surface area contributed by atoms with E-state index in [2.05, 4.69) is 5.32 Å². The van der Waals surface area contributed by atoms with E-state index in [0.29, 0.717) is 12.5 Å². The maximum absolute atomic E-state index is 11.6. The summed E-state index contributed by atoms with van der Waals surface area (Å²) in [6.07, 6.45) is 2.17. The van der Waals surface area contributed by atoms with Crippen molar-refractivity contribution in [3.05, 3.63) is 35.9 Å². The number of amides is 2. The predicted octanol–water partition coefficient (Wildman–Crippen LogP) is 2.57. The van der Waals surface area contributed by atoms with Gasteiger partial charge in [-0.25, -0.2) is 9.59 Å². The maximum atomic E-state index is 11.6. The summed E-state index contributed by atoms with van der Waals surface area (Å²) < 4.78 is 10.1. The second kappa shape index (κ2) is 8.26. The Hall–Kier alpha value is -2.24. The van der Waals surface area contributed by atoms with Crippen molar-refractivity contribution in [2.75, 3.05) is 6.54 Å². The SMILES string of the molecule is NC(=O)O[C@H]1CC[C@@H](CNC(=O)OCc2ccccc2)CC1. The largest absolute Gasteiger partial charge is 0.446 e. The Kier molecular flexibility index (Phi) is 6.06. The van der Waals surface area contributed by atoms with Crippen LogP contribution in [0.1, 0.15) is 31.2 Å². The van der Waals surface area contributed by atoms with Crippen molar-refractivity contribution in [3.8, 4) is 0 Å². The molecule has 2 rings (SSSR count). The Morgan fingerprint density at radius 3 is 2.45 bits per heavy atom. The Balaban J connectivity index is 1.60. The molecule has 1 aliphatic carbocycles. The van der Waals surface area contributed by atoms with E-state index in [1.165, 1.54) is 0 Å². The average Bonchev–Trinajstić information content (AvgIpc) is 2.53. The predicted molar refractivity (Wildman–Crippen MR) is 81.0 cm³/mol. The standard InChI is InChI=1S/C16H22N2O4/c17-15(19)22-14-8-6-12(7-9-14)10-18-16(20)21-11-13-4-2-1-3-5-13/h1-5,12,14H,6-11H2,(H2,17,19)(H,18,20)/t12-,14+. The van der Waals surface area contributed by atoms with E-state index in [9.17, 15) is 9.59 Å². The van der Waals surface area contributed by atoms with Crippen molar-refractivity contribution in [1.29, 1.82) is 0 Å². The number of hydrogen-bond donors (Lipinski definition) is 2. The van der Waals surface area contributed by atoms with Gasteiger partial charge in [-0.2, -0.15) is 0 Å². The summed E-state index contributed by atoms with van der Waals surface area (Å²) in [5, 5.41) is 2.78. The van der Waals surface area contributed by atoms with Crippen LogP contribution in [0.15, 0.2) is 30.3 Å². The number of nitrogens with two attached hydrogens (primary N) is 1. The Labute approximate surface area is 130 Å². The van der Waals surface area contributed by atoms with Crippen LogP contribution in [0.4, 0.5) is 9.59 Å². The summed E-state index contributed by atoms with van der Waals surface area (Å²) in [6.45, 7) is 0.850. The highest BCUT2D eigenvalue weighted by Crippen LogP contribution is 2.25. The zero-order valence-electron chi connectivity index (χ0n) is 12.5. The molecule has 0 bridgehead atoms. The summed E-state index contributed by atoms with van der Waals surface area (Å²) in [6, 6.07) is 9.55. The highest BCUT2D eigenvalue weighted by atomic mass is 16.6. The smallest absolute Gasteiger partial charge is 0.407 e. The van der Waals surface area contributed by atoms with Crippen LogP contribution in [0.2, 0.25) is 0 Å². The van der Waals surface area contributed by atoms with Crippen molar-refractivity contribution >= 4 is 12.2 Å². The van der Waals surface area contributed by atoms with Crippen LogP contribution in [0.25, 0.3) is 0 Å². The van der Waals surface area contributed by atoms with Gasteiger partial charge in [0.25, 0.3) is 0 Å². The van der Waals surface area contributed by atoms with Gasteiger partial charge in [-0.1, -0.05) is 30.3 Å². The molecule has 1 saturated carbocycles. The van der Waals surface area contributed by atoms with E-state index in [1.54, 1.807) is 0 Å². The summed E-state index contributed by atoms with van der Waals surface area (Å²) in [7, 11) is 0. The van der Waals surface area contributed by atoms with Crippen molar-refractivity contribution in [2.45, 2.75) is 38.4 Å². The lowest BCUT2D eigenvalue weighted by molar-refractivity contribution is 0.0705. The van der Waals surface area contributed by atoms with Crippen LogP contribution in [-0.4, -0.2) is 24.8 Å². The molecule has 0 unspecified atom stereocenters. The van der Waals surface area contributed by atoms with Crippen LogP contribution in [-0.2, 0) is 16.1 Å². The lowest BCUT2D eigenvalue weighted by Crippen LogP contribution is -2.34. The van der Waals surface area contributed by atoms with Crippen molar-refractivity contribution in [1.82, 2.24) is 5.32 Å². The Morgan fingerprint density at radius 1 is 1.14 bits per heavy atom. The fourth-order valence-corrected chi connectivity index (χ4v) is 2.62. The first-order valence-electron chi connectivity index (χ1n) is 7.54. The normalized spacial score (nSPS) is 20.9. The Morgan fingerprint density at radius 2 is 1.82 bits per heavy atom. The van der Waals surface area contributed by atoms with E-state index < -0.39 is 12.2 Å². The molecule has 22 heavy (non-hydrogen) atoms. The summed E-state index contributed by atoms with van der Waals surface area (Å²) in [4.78, 5) is 22.3. The number of ether oxygens (including phenoxy) is 2. The number of carbonyl (C=O) groups excluding carboxylic acids is 2. The molecule has 0 atom stereocenters. The van der Waals surface area contributed by atoms with E-state index in [-0.39, 0.29) is 12.7 Å². The van der Waals surface area contributed by atoms with Gasteiger partial charge in [0.15, 0.2) is 0 Å². The van der Waals surface area contributed by atoms with E-state index >= 15 is 0 Å². The molecular formula is C16H22N2O4. The molecule has 0 aliphatic heterocycles. The first-order valence-corrected chi connectivity index (χ1v) is 7.54. The molecule has 120 valence electrons. The number of benzene rings is 1. The molecule has 6 heteroatoms. The third kappa shape index (κ3) is 5.63. The molecule has 2 amide bonds. The minimum Gasteiger partial charge on any atom is -0.446 e. The fraction of sp³-hybridized carbons (Fsp3) is 0.500. The molecule has 0 spiro atoms. The van der Waals surface area contributed by atoms with Crippen molar-refractivity contribution < 1.29 is 19.1 Å². The molecule has 0 radical (unpaired) electrons. The van der Waals surface area contributed by atoms with Gasteiger partial charge in [-0.05, 0) is 37.2 Å². The van der Waals surface area contributed by atoms with Gasteiger partial charge >= 0.3 is 12.2 Å². The van der Waals surface area contributed by atoms with Crippen LogP contribution in [0.3, 0.4) is 0 Å². The molecule has 6 nitrogen and oxygen atoms in total. The third-order valence-electron chi connectivity index (χ3n) is 3.82. The molecule has 1 aromatic rings. The maximum Gasteiger partial charge on any atom is 0.407 e. The van der Waals surface area contributed by atoms with Crippen LogP contribution in [0.5, 0.6) is 0 Å². The average molecular weight is 306 g/mol. The fourth-order valence-electron chi connectivity index (χ4n) is 2.62. The van der Waals surface area contributed by atoms with Gasteiger partial charge in [0.05, 0.1) is 0 Å². The zero-order valence-corrected chi connectivity index (χ0v) is 12.5. The highest BCUT2D eigenvalue weighted by molar-refractivity contribution is 5.67. The zero-order chi connectivity index (χ0) is 15.8. The van der Waals surface area contributed by atoms with E-state index in [0.717, 1.165) is 31.2 Å². The second-order valence-corrected chi connectivity index (χ2v) is 5.52. The van der Waals surface area contributed by atoms with Crippen LogP contribution in [0, 0.1) is 5.92 Å². The minimum atomic E-state index is -0.717. The molecule has 0 heterocycles. The number of carbonyl (C=O) groups is 2. The lowest BCUT2D eigenvalue weighted by Gasteiger charge is -2.27. The molecule has 1 fully saturated rings. The van der Waals surface area contributed by atoms with Crippen LogP contribution < -0.4 is 11.1 Å². The Bertz CT molecular complexity index is 484. The highest BCUT2D eigenvalue weighted by Gasteiger charge is 2.23. The number of hydrogen-bond acceptors (Lipinski definition) is 4. The number of rotatable bonds is 5. The van der Waals surface area contributed by atoms with Gasteiger partial charge in [0.1, 0.15) is 12.7 Å². The van der Waals surface area contributed by atoms with E-state index in [4.69, 9.17) is 15.2 Å². The first kappa shape index (κ1) is 16.1. The minimum absolute atomic E-state index is 0.0845. The molecule has 3 N–H and O–H groups in total. The van der Waals surface area contributed by atoms with Gasteiger partial charge in [0.2, 0.25) is 0 Å². The van der Waals surface area contributed by atoms with Crippen molar-refractivity contribution in [3.63, 3.8) is 0 Å². The van der Waals surface area contributed by atoms with Gasteiger partial charge in [0, 0.05) is 6.54 Å².